The van der Waals surface area contributed by atoms with Crippen LogP contribution in [0.2, 0.25) is 0 Å². The Morgan fingerprint density at radius 1 is 1.15 bits per heavy atom. The van der Waals surface area contributed by atoms with Crippen molar-refractivity contribution in [2.45, 2.75) is 0 Å². The fourth-order valence-electron chi connectivity index (χ4n) is 2.35. The SMILES string of the molecule is C=CCNC(=S)NNc1nc(Nc2ccccc2)nc(N2CCOCC2)n1. The molecule has 0 spiro atoms. The van der Waals surface area contributed by atoms with E-state index in [1.54, 1.807) is 6.08 Å². The van der Waals surface area contributed by atoms with Gasteiger partial charge in [0.1, 0.15) is 0 Å². The largest absolute Gasteiger partial charge is 0.378 e. The second-order valence-electron chi connectivity index (χ2n) is 5.62. The molecule has 142 valence electrons. The maximum atomic E-state index is 5.40. The Bertz CT molecular complexity index is 767. The summed E-state index contributed by atoms with van der Waals surface area (Å²) >= 11 is 5.17. The van der Waals surface area contributed by atoms with Gasteiger partial charge in [0, 0.05) is 25.3 Å². The predicted molar refractivity (Wildman–Crippen MR) is 110 cm³/mol. The highest BCUT2D eigenvalue weighted by Gasteiger charge is 2.16. The van der Waals surface area contributed by atoms with Crippen LogP contribution < -0.4 is 26.4 Å². The van der Waals surface area contributed by atoms with E-state index in [2.05, 4.69) is 47.9 Å². The van der Waals surface area contributed by atoms with E-state index in [-0.39, 0.29) is 0 Å². The lowest BCUT2D eigenvalue weighted by atomic mass is 10.3. The zero-order valence-electron chi connectivity index (χ0n) is 14.8. The van der Waals surface area contributed by atoms with Gasteiger partial charge in [-0.3, -0.25) is 10.9 Å². The maximum absolute atomic E-state index is 5.40. The summed E-state index contributed by atoms with van der Waals surface area (Å²) in [5.41, 5.74) is 6.65. The standard InChI is InChI=1S/C17H22N8OS/c1-2-8-18-17(27)24-23-15-20-14(19-13-6-4-3-5-7-13)21-16(22-15)25-9-11-26-12-10-25/h2-7H,1,8-12H2,(H2,18,24,27)(H2,19,20,21,22,23). The van der Waals surface area contributed by atoms with Crippen LogP contribution >= 0.6 is 12.2 Å². The van der Waals surface area contributed by atoms with Crippen LogP contribution in [0.3, 0.4) is 0 Å². The van der Waals surface area contributed by atoms with E-state index in [1.807, 2.05) is 30.3 Å². The summed E-state index contributed by atoms with van der Waals surface area (Å²) in [5, 5.41) is 6.57. The summed E-state index contributed by atoms with van der Waals surface area (Å²) in [6, 6.07) is 9.72. The zero-order valence-corrected chi connectivity index (χ0v) is 15.6. The molecule has 0 radical (unpaired) electrons. The molecule has 1 saturated heterocycles. The first-order chi connectivity index (χ1) is 13.2. The zero-order chi connectivity index (χ0) is 18.9. The number of hydrazine groups is 1. The fourth-order valence-corrected chi connectivity index (χ4v) is 2.49. The Hall–Kier alpha value is -2.98. The monoisotopic (exact) mass is 386 g/mol. The number of anilines is 4. The summed E-state index contributed by atoms with van der Waals surface area (Å²) in [7, 11) is 0. The lowest BCUT2D eigenvalue weighted by Crippen LogP contribution is -2.40. The molecule has 3 rings (SSSR count). The molecular formula is C17H22N8OS. The molecule has 1 aromatic carbocycles. The Morgan fingerprint density at radius 3 is 2.63 bits per heavy atom. The van der Waals surface area contributed by atoms with E-state index in [0.717, 1.165) is 18.8 Å². The Balaban J connectivity index is 1.77. The molecule has 0 bridgehead atoms. The van der Waals surface area contributed by atoms with Gasteiger partial charge in [-0.05, 0) is 24.4 Å². The minimum absolute atomic E-state index is 0.354. The van der Waals surface area contributed by atoms with Crippen LogP contribution in [0.15, 0.2) is 43.0 Å². The number of benzene rings is 1. The van der Waals surface area contributed by atoms with E-state index in [0.29, 0.717) is 42.7 Å². The molecule has 0 saturated carbocycles. The number of nitrogens with one attached hydrogen (secondary N) is 4. The number of hydrogen-bond acceptors (Lipinski definition) is 8. The van der Waals surface area contributed by atoms with Gasteiger partial charge in [-0.25, -0.2) is 0 Å². The lowest BCUT2D eigenvalue weighted by molar-refractivity contribution is 0.122. The van der Waals surface area contributed by atoms with Crippen molar-refractivity contribution in [3.63, 3.8) is 0 Å². The normalized spacial score (nSPS) is 13.6. The molecule has 0 amide bonds. The summed E-state index contributed by atoms with van der Waals surface area (Å²) in [6.45, 7) is 6.93. The Labute approximate surface area is 163 Å². The van der Waals surface area contributed by atoms with E-state index < -0.39 is 0 Å². The van der Waals surface area contributed by atoms with Gasteiger partial charge in [-0.2, -0.15) is 15.0 Å². The lowest BCUT2D eigenvalue weighted by Gasteiger charge is -2.27. The first-order valence-electron chi connectivity index (χ1n) is 8.56. The first-order valence-corrected chi connectivity index (χ1v) is 8.97. The molecule has 0 atom stereocenters. The molecule has 10 heteroatoms. The highest BCUT2D eigenvalue weighted by molar-refractivity contribution is 7.80. The van der Waals surface area contributed by atoms with Crippen molar-refractivity contribution < 1.29 is 4.74 Å². The second kappa shape index (κ2) is 9.64. The molecule has 0 aliphatic carbocycles. The molecule has 1 fully saturated rings. The minimum atomic E-state index is 0.354. The summed E-state index contributed by atoms with van der Waals surface area (Å²) < 4.78 is 5.40. The number of thiocarbonyl (C=S) groups is 1. The van der Waals surface area contributed by atoms with Crippen molar-refractivity contribution in [2.75, 3.05) is 48.5 Å². The van der Waals surface area contributed by atoms with Gasteiger partial charge in [0.2, 0.25) is 17.8 Å². The van der Waals surface area contributed by atoms with E-state index in [4.69, 9.17) is 17.0 Å². The average Bonchev–Trinajstić information content (AvgIpc) is 2.72. The number of hydrogen-bond donors (Lipinski definition) is 4. The Kier molecular flexibility index (Phi) is 6.72. The second-order valence-corrected chi connectivity index (χ2v) is 6.03. The number of ether oxygens (including phenoxy) is 1. The summed E-state index contributed by atoms with van der Waals surface area (Å²) in [4.78, 5) is 15.5. The van der Waals surface area contributed by atoms with Crippen molar-refractivity contribution >= 4 is 40.9 Å². The van der Waals surface area contributed by atoms with Gasteiger partial charge in [-0.15, -0.1) is 6.58 Å². The van der Waals surface area contributed by atoms with Gasteiger partial charge in [0.15, 0.2) is 5.11 Å². The fraction of sp³-hybridized carbons (Fsp3) is 0.294. The molecule has 27 heavy (non-hydrogen) atoms. The van der Waals surface area contributed by atoms with Gasteiger partial charge in [0.25, 0.3) is 0 Å². The minimum Gasteiger partial charge on any atom is -0.378 e. The third-order valence-electron chi connectivity index (χ3n) is 3.64. The van der Waals surface area contributed by atoms with Gasteiger partial charge < -0.3 is 20.3 Å². The van der Waals surface area contributed by atoms with E-state index in [9.17, 15) is 0 Å². The van der Waals surface area contributed by atoms with Gasteiger partial charge in [-0.1, -0.05) is 24.3 Å². The smallest absolute Gasteiger partial charge is 0.248 e. The quantitative estimate of drug-likeness (QED) is 0.318. The van der Waals surface area contributed by atoms with Crippen LogP contribution in [0.5, 0.6) is 0 Å². The van der Waals surface area contributed by atoms with Crippen LogP contribution in [-0.4, -0.2) is 52.9 Å². The number of nitrogens with zero attached hydrogens (tertiary/aromatic N) is 4. The van der Waals surface area contributed by atoms with Crippen LogP contribution in [0.25, 0.3) is 0 Å². The molecule has 2 heterocycles. The molecule has 1 aliphatic rings. The van der Waals surface area contributed by atoms with Crippen molar-refractivity contribution in [1.29, 1.82) is 0 Å². The molecule has 4 N–H and O–H groups in total. The first kappa shape index (κ1) is 18.8. The van der Waals surface area contributed by atoms with Crippen LogP contribution in [0.4, 0.5) is 23.5 Å². The van der Waals surface area contributed by atoms with E-state index >= 15 is 0 Å². The molecule has 9 nitrogen and oxygen atoms in total. The third-order valence-corrected chi connectivity index (χ3v) is 3.89. The molecule has 0 unspecified atom stereocenters. The highest BCUT2D eigenvalue weighted by Crippen LogP contribution is 2.18. The van der Waals surface area contributed by atoms with Crippen molar-refractivity contribution in [3.8, 4) is 0 Å². The topological polar surface area (TPSA) is 99.3 Å². The van der Waals surface area contributed by atoms with Crippen LogP contribution in [0.1, 0.15) is 0 Å². The Morgan fingerprint density at radius 2 is 1.89 bits per heavy atom. The number of para-hydroxylation sites is 1. The van der Waals surface area contributed by atoms with E-state index in [1.165, 1.54) is 0 Å². The number of rotatable bonds is 7. The highest BCUT2D eigenvalue weighted by atomic mass is 32.1. The maximum Gasteiger partial charge on any atom is 0.248 e. The van der Waals surface area contributed by atoms with Gasteiger partial charge >= 0.3 is 0 Å². The predicted octanol–water partition coefficient (Wildman–Crippen LogP) is 1.43. The summed E-state index contributed by atoms with van der Waals surface area (Å²) in [6.07, 6.45) is 1.72. The summed E-state index contributed by atoms with van der Waals surface area (Å²) in [5.74, 6) is 1.36. The molecule has 2 aromatic rings. The average molecular weight is 386 g/mol. The third kappa shape index (κ3) is 5.76. The number of aromatic nitrogens is 3. The van der Waals surface area contributed by atoms with Crippen molar-refractivity contribution in [2.24, 2.45) is 0 Å². The van der Waals surface area contributed by atoms with Crippen molar-refractivity contribution in [1.82, 2.24) is 25.7 Å². The van der Waals surface area contributed by atoms with Gasteiger partial charge in [0.05, 0.1) is 13.2 Å². The van der Waals surface area contributed by atoms with Crippen LogP contribution in [0, 0.1) is 0 Å². The van der Waals surface area contributed by atoms with Crippen molar-refractivity contribution in [3.05, 3.63) is 43.0 Å². The van der Waals surface area contributed by atoms with Crippen LogP contribution in [-0.2, 0) is 4.74 Å². The molecular weight excluding hydrogens is 364 g/mol. The number of morpholine rings is 1. The molecule has 1 aromatic heterocycles. The molecule has 1 aliphatic heterocycles.